The lowest BCUT2D eigenvalue weighted by molar-refractivity contribution is 0.0654. The van der Waals surface area contributed by atoms with Crippen LogP contribution in [0.4, 0.5) is 0 Å². The Hall–Kier alpha value is -0.0800. The largest absolute Gasteiger partial charge is 0.393 e. The molecule has 0 radical (unpaired) electrons. The molecule has 14 heavy (non-hydrogen) atoms. The summed E-state index contributed by atoms with van der Waals surface area (Å²) in [5.41, 5.74) is 0. The van der Waals surface area contributed by atoms with Crippen LogP contribution in [0.2, 0.25) is 0 Å². The number of ether oxygens (including phenoxy) is 1. The van der Waals surface area contributed by atoms with Crippen molar-refractivity contribution in [3.63, 3.8) is 0 Å². The molecule has 2 nitrogen and oxygen atoms in total. The van der Waals surface area contributed by atoms with E-state index >= 15 is 0 Å². The second kappa shape index (κ2) is 5.72. The molecular formula is C12H24O2. The molecule has 0 aromatic heterocycles. The highest BCUT2D eigenvalue weighted by Crippen LogP contribution is 2.26. The van der Waals surface area contributed by atoms with Crippen molar-refractivity contribution in [2.24, 2.45) is 11.8 Å². The molecule has 0 aliphatic carbocycles. The molecular weight excluding hydrogens is 176 g/mol. The van der Waals surface area contributed by atoms with Gasteiger partial charge in [-0.25, -0.2) is 0 Å². The fourth-order valence-corrected chi connectivity index (χ4v) is 2.33. The van der Waals surface area contributed by atoms with E-state index in [2.05, 4.69) is 20.8 Å². The van der Waals surface area contributed by atoms with E-state index in [0.717, 1.165) is 19.4 Å². The molecule has 2 heteroatoms. The van der Waals surface area contributed by atoms with Gasteiger partial charge in [0.25, 0.3) is 0 Å². The Morgan fingerprint density at radius 1 is 1.50 bits per heavy atom. The van der Waals surface area contributed by atoms with Gasteiger partial charge in [0.05, 0.1) is 18.8 Å². The fourth-order valence-electron chi connectivity index (χ4n) is 2.33. The minimum atomic E-state index is -0.151. The van der Waals surface area contributed by atoms with Crippen LogP contribution in [0.1, 0.15) is 46.5 Å². The molecule has 1 fully saturated rings. The van der Waals surface area contributed by atoms with Crippen LogP contribution in [0.25, 0.3) is 0 Å². The Morgan fingerprint density at radius 3 is 2.71 bits per heavy atom. The number of hydrogen-bond acceptors (Lipinski definition) is 2. The first-order chi connectivity index (χ1) is 6.63. The number of rotatable bonds is 5. The van der Waals surface area contributed by atoms with E-state index in [0.29, 0.717) is 17.9 Å². The van der Waals surface area contributed by atoms with Crippen molar-refractivity contribution in [3.8, 4) is 0 Å². The Bertz CT molecular complexity index is 158. The van der Waals surface area contributed by atoms with Gasteiger partial charge in [-0.2, -0.15) is 0 Å². The highest BCUT2D eigenvalue weighted by molar-refractivity contribution is 4.77. The first-order valence-corrected chi connectivity index (χ1v) is 5.93. The zero-order valence-corrected chi connectivity index (χ0v) is 9.70. The van der Waals surface area contributed by atoms with Crippen molar-refractivity contribution in [1.82, 2.24) is 0 Å². The molecule has 4 unspecified atom stereocenters. The van der Waals surface area contributed by atoms with Crippen molar-refractivity contribution < 1.29 is 9.84 Å². The summed E-state index contributed by atoms with van der Waals surface area (Å²) in [6, 6.07) is 0. The van der Waals surface area contributed by atoms with E-state index in [9.17, 15) is 5.11 Å². The summed E-state index contributed by atoms with van der Waals surface area (Å²) < 4.78 is 5.47. The third kappa shape index (κ3) is 3.58. The Kier molecular flexibility index (Phi) is 4.90. The van der Waals surface area contributed by atoms with Crippen LogP contribution < -0.4 is 0 Å². The van der Waals surface area contributed by atoms with Gasteiger partial charge in [-0.15, -0.1) is 0 Å². The van der Waals surface area contributed by atoms with E-state index < -0.39 is 0 Å². The summed E-state index contributed by atoms with van der Waals surface area (Å²) in [6.07, 6.45) is 4.60. The lowest BCUT2D eigenvalue weighted by Gasteiger charge is -2.20. The van der Waals surface area contributed by atoms with Crippen LogP contribution in [0.15, 0.2) is 0 Å². The smallest absolute Gasteiger partial charge is 0.0593 e. The predicted molar refractivity (Wildman–Crippen MR) is 58.2 cm³/mol. The molecule has 84 valence electrons. The van der Waals surface area contributed by atoms with E-state index in [1.165, 1.54) is 12.8 Å². The van der Waals surface area contributed by atoms with Gasteiger partial charge in [-0.05, 0) is 25.7 Å². The second-order valence-electron chi connectivity index (χ2n) is 4.84. The van der Waals surface area contributed by atoms with E-state index in [1.807, 2.05) is 0 Å². The Balaban J connectivity index is 2.23. The van der Waals surface area contributed by atoms with Crippen LogP contribution in [-0.2, 0) is 4.74 Å². The van der Waals surface area contributed by atoms with Gasteiger partial charge in [0.1, 0.15) is 0 Å². The van der Waals surface area contributed by atoms with Gasteiger partial charge in [0.15, 0.2) is 0 Å². The van der Waals surface area contributed by atoms with Crippen LogP contribution in [0, 0.1) is 11.8 Å². The molecule has 1 aliphatic rings. The summed E-state index contributed by atoms with van der Waals surface area (Å²) in [5.74, 6) is 1.02. The highest BCUT2D eigenvalue weighted by atomic mass is 16.5. The number of hydrogen-bond donors (Lipinski definition) is 1. The minimum absolute atomic E-state index is 0.151. The van der Waals surface area contributed by atoms with Crippen molar-refractivity contribution in [1.29, 1.82) is 0 Å². The quantitative estimate of drug-likeness (QED) is 0.739. The van der Waals surface area contributed by atoms with Crippen molar-refractivity contribution in [3.05, 3.63) is 0 Å². The summed E-state index contributed by atoms with van der Waals surface area (Å²) in [7, 11) is 0. The van der Waals surface area contributed by atoms with Crippen LogP contribution in [-0.4, -0.2) is 23.9 Å². The lowest BCUT2D eigenvalue weighted by atomic mass is 9.90. The molecule has 1 saturated heterocycles. The summed E-state index contributed by atoms with van der Waals surface area (Å²) >= 11 is 0. The molecule has 0 spiro atoms. The highest BCUT2D eigenvalue weighted by Gasteiger charge is 2.28. The second-order valence-corrected chi connectivity index (χ2v) is 4.84. The van der Waals surface area contributed by atoms with Gasteiger partial charge in [-0.1, -0.05) is 26.7 Å². The molecule has 0 aromatic carbocycles. The first kappa shape index (κ1) is 12.0. The summed E-state index contributed by atoms with van der Waals surface area (Å²) in [6.45, 7) is 7.26. The average molecular weight is 200 g/mol. The lowest BCUT2D eigenvalue weighted by Crippen LogP contribution is -2.23. The molecule has 1 rings (SSSR count). The normalized spacial score (nSPS) is 31.7. The third-order valence-corrected chi connectivity index (χ3v) is 3.20. The number of aliphatic hydroxyl groups is 1. The summed E-state index contributed by atoms with van der Waals surface area (Å²) in [5, 5.41) is 9.98. The van der Waals surface area contributed by atoms with Crippen molar-refractivity contribution in [2.45, 2.75) is 58.7 Å². The molecule has 0 saturated carbocycles. The maximum absolute atomic E-state index is 9.98. The van der Waals surface area contributed by atoms with Gasteiger partial charge >= 0.3 is 0 Å². The van der Waals surface area contributed by atoms with Crippen LogP contribution in [0.5, 0.6) is 0 Å². The first-order valence-electron chi connectivity index (χ1n) is 5.93. The Morgan fingerprint density at radius 2 is 2.21 bits per heavy atom. The van der Waals surface area contributed by atoms with E-state index in [1.54, 1.807) is 0 Å². The van der Waals surface area contributed by atoms with Crippen LogP contribution >= 0.6 is 0 Å². The third-order valence-electron chi connectivity index (χ3n) is 3.20. The zero-order chi connectivity index (χ0) is 10.6. The van der Waals surface area contributed by atoms with Gasteiger partial charge in [-0.3, -0.25) is 0 Å². The fraction of sp³-hybridized carbons (Fsp3) is 1.00. The molecule has 4 atom stereocenters. The van der Waals surface area contributed by atoms with Crippen molar-refractivity contribution in [2.75, 3.05) is 6.61 Å². The molecule has 1 aliphatic heterocycles. The summed E-state index contributed by atoms with van der Waals surface area (Å²) in [4.78, 5) is 0. The van der Waals surface area contributed by atoms with E-state index in [4.69, 9.17) is 4.74 Å². The van der Waals surface area contributed by atoms with E-state index in [-0.39, 0.29) is 6.10 Å². The topological polar surface area (TPSA) is 29.5 Å². The van der Waals surface area contributed by atoms with Crippen molar-refractivity contribution >= 4 is 0 Å². The number of aliphatic hydroxyl groups excluding tert-OH is 1. The van der Waals surface area contributed by atoms with Gasteiger partial charge in [0, 0.05) is 5.92 Å². The maximum atomic E-state index is 9.98. The molecule has 1 heterocycles. The minimum Gasteiger partial charge on any atom is -0.393 e. The molecule has 0 aromatic rings. The molecule has 0 bridgehead atoms. The van der Waals surface area contributed by atoms with Gasteiger partial charge < -0.3 is 9.84 Å². The predicted octanol–water partition coefficient (Wildman–Crippen LogP) is 2.60. The monoisotopic (exact) mass is 200 g/mol. The van der Waals surface area contributed by atoms with Gasteiger partial charge in [0.2, 0.25) is 0 Å². The standard InChI is InChI=1S/C12H24O2/c1-4-5-9(2)6-12(13)11-7-10(3)14-8-11/h9-13H,4-8H2,1-3H3. The van der Waals surface area contributed by atoms with Crippen LogP contribution in [0.3, 0.4) is 0 Å². The SMILES string of the molecule is CCCC(C)CC(O)C1COC(C)C1. The molecule has 0 amide bonds. The maximum Gasteiger partial charge on any atom is 0.0593 e. The Labute approximate surface area is 87.7 Å². The zero-order valence-electron chi connectivity index (χ0n) is 9.70. The average Bonchev–Trinajstić information content (AvgIpc) is 2.52. The molecule has 1 N–H and O–H groups in total.